The lowest BCUT2D eigenvalue weighted by molar-refractivity contribution is -0.169. The fourth-order valence-electron chi connectivity index (χ4n) is 7.79. The molecule has 3 N–H and O–H groups in total. The van der Waals surface area contributed by atoms with Crippen molar-refractivity contribution in [3.05, 3.63) is 0 Å². The summed E-state index contributed by atoms with van der Waals surface area (Å²) in [6.07, 6.45) is 9.66. The van der Waals surface area contributed by atoms with E-state index in [4.69, 9.17) is 9.84 Å². The number of aliphatic hydroxyl groups is 2. The van der Waals surface area contributed by atoms with Crippen molar-refractivity contribution in [2.45, 2.75) is 110 Å². The van der Waals surface area contributed by atoms with Crippen LogP contribution in [0.1, 0.15) is 91.4 Å². The number of rotatable bonds is 9. The fourth-order valence-corrected chi connectivity index (χ4v) is 7.79. The van der Waals surface area contributed by atoms with Gasteiger partial charge >= 0.3 is 5.97 Å². The van der Waals surface area contributed by atoms with Gasteiger partial charge in [0, 0.05) is 13.5 Å². The minimum atomic E-state index is -0.712. The third kappa shape index (κ3) is 5.47. The molecule has 0 radical (unpaired) electrons. The molecule has 5 heteroatoms. The number of carbonyl (C=O) groups is 1. The Bertz CT molecular complexity index is 594. The van der Waals surface area contributed by atoms with Crippen LogP contribution in [0.4, 0.5) is 0 Å². The highest BCUT2D eigenvalue weighted by molar-refractivity contribution is 5.66. The van der Waals surface area contributed by atoms with Crippen molar-refractivity contribution < 1.29 is 24.9 Å². The Balaban J connectivity index is 1.69. The van der Waals surface area contributed by atoms with E-state index in [1.165, 1.54) is 0 Å². The Labute approximate surface area is 189 Å². The Morgan fingerprint density at radius 3 is 2.55 bits per heavy atom. The van der Waals surface area contributed by atoms with Crippen LogP contribution >= 0.6 is 0 Å². The van der Waals surface area contributed by atoms with E-state index in [1.54, 1.807) is 7.11 Å². The number of ether oxygens (including phenoxy) is 1. The monoisotopic (exact) mass is 438 g/mol. The van der Waals surface area contributed by atoms with Crippen LogP contribution < -0.4 is 0 Å². The van der Waals surface area contributed by atoms with Crippen LogP contribution in [0.5, 0.6) is 0 Å². The summed E-state index contributed by atoms with van der Waals surface area (Å²) in [7, 11) is 1.80. The normalized spacial score (nSPS) is 42.3. The van der Waals surface area contributed by atoms with Crippen molar-refractivity contribution in [2.75, 3.05) is 7.11 Å². The molecule has 10 unspecified atom stereocenters. The van der Waals surface area contributed by atoms with E-state index >= 15 is 0 Å². The molecule has 31 heavy (non-hydrogen) atoms. The van der Waals surface area contributed by atoms with E-state index in [1.807, 2.05) is 0 Å². The van der Waals surface area contributed by atoms with Gasteiger partial charge in [0.1, 0.15) is 0 Å². The number of methoxy groups -OCH3 is 1. The molecule has 0 amide bonds. The molecular formula is C26H46O5. The first-order valence-corrected chi connectivity index (χ1v) is 12.8. The van der Waals surface area contributed by atoms with Gasteiger partial charge in [0.2, 0.25) is 0 Å². The highest BCUT2D eigenvalue weighted by Crippen LogP contribution is 2.61. The zero-order valence-corrected chi connectivity index (χ0v) is 20.1. The molecule has 10 atom stereocenters. The SMILES string of the molecule is CCC(CCC1CC(O)CC2C1C(O)CC1CC(OC)CCC12C)C(C)CCC(=O)O. The summed E-state index contributed by atoms with van der Waals surface area (Å²) in [4.78, 5) is 11.0. The molecule has 0 aromatic rings. The standard InChI is InChI=1S/C26H46O5/c1-5-17(16(2)6-9-24(29)30)7-8-18-12-20(27)15-22-25(18)23(28)14-19-13-21(31-4)10-11-26(19,22)3/h16-23,25,27-28H,5-15H2,1-4H3,(H,29,30). The number of carboxylic acid groups (broad SMARTS) is 1. The molecule has 0 spiro atoms. The summed E-state index contributed by atoms with van der Waals surface area (Å²) in [5, 5.41) is 31.1. The van der Waals surface area contributed by atoms with Crippen molar-refractivity contribution in [2.24, 2.45) is 40.9 Å². The predicted molar refractivity (Wildman–Crippen MR) is 122 cm³/mol. The minimum Gasteiger partial charge on any atom is -0.481 e. The van der Waals surface area contributed by atoms with E-state index in [9.17, 15) is 15.0 Å². The molecule has 0 aromatic heterocycles. The van der Waals surface area contributed by atoms with Crippen molar-refractivity contribution >= 4 is 5.97 Å². The maximum atomic E-state index is 11.3. The second-order valence-corrected chi connectivity index (χ2v) is 11.4. The van der Waals surface area contributed by atoms with Crippen molar-refractivity contribution in [3.63, 3.8) is 0 Å². The van der Waals surface area contributed by atoms with Crippen molar-refractivity contribution in [1.29, 1.82) is 0 Å². The number of aliphatic hydroxyl groups excluding tert-OH is 2. The van der Waals surface area contributed by atoms with Gasteiger partial charge in [-0.25, -0.2) is 0 Å². The van der Waals surface area contributed by atoms with Crippen LogP contribution in [0.2, 0.25) is 0 Å². The molecule has 0 heterocycles. The fraction of sp³-hybridized carbons (Fsp3) is 0.962. The van der Waals surface area contributed by atoms with Crippen molar-refractivity contribution in [1.82, 2.24) is 0 Å². The third-order valence-electron chi connectivity index (χ3n) is 9.80. The first-order chi connectivity index (χ1) is 14.7. The second-order valence-electron chi connectivity index (χ2n) is 11.4. The van der Waals surface area contributed by atoms with Crippen LogP contribution in [0.25, 0.3) is 0 Å². The molecule has 3 aliphatic carbocycles. The van der Waals surface area contributed by atoms with E-state index < -0.39 is 5.97 Å². The van der Waals surface area contributed by atoms with Crippen LogP contribution in [0.15, 0.2) is 0 Å². The molecule has 3 fully saturated rings. The Morgan fingerprint density at radius 1 is 1.16 bits per heavy atom. The number of hydrogen-bond donors (Lipinski definition) is 3. The smallest absolute Gasteiger partial charge is 0.303 e. The van der Waals surface area contributed by atoms with Crippen molar-refractivity contribution in [3.8, 4) is 0 Å². The molecule has 3 rings (SSSR count). The number of carboxylic acids is 1. The summed E-state index contributed by atoms with van der Waals surface area (Å²) in [5.74, 6) is 1.71. The maximum Gasteiger partial charge on any atom is 0.303 e. The predicted octanol–water partition coefficient (Wildman–Crippen LogP) is 4.88. The van der Waals surface area contributed by atoms with Crippen LogP contribution in [0.3, 0.4) is 0 Å². The van der Waals surface area contributed by atoms with E-state index in [-0.39, 0.29) is 30.0 Å². The molecule has 0 aromatic carbocycles. The average Bonchev–Trinajstić information content (AvgIpc) is 2.73. The second kappa shape index (κ2) is 10.5. The number of hydrogen-bond acceptors (Lipinski definition) is 4. The van der Waals surface area contributed by atoms with Gasteiger partial charge in [0.25, 0.3) is 0 Å². The zero-order valence-electron chi connectivity index (χ0n) is 20.1. The lowest BCUT2D eigenvalue weighted by Crippen LogP contribution is -2.57. The Hall–Kier alpha value is -0.650. The molecule has 0 aliphatic heterocycles. The largest absolute Gasteiger partial charge is 0.481 e. The summed E-state index contributed by atoms with van der Waals surface area (Å²) in [6, 6.07) is 0. The summed E-state index contributed by atoms with van der Waals surface area (Å²) < 4.78 is 5.67. The lowest BCUT2D eigenvalue weighted by Gasteiger charge is -2.60. The third-order valence-corrected chi connectivity index (χ3v) is 9.80. The van der Waals surface area contributed by atoms with Gasteiger partial charge in [-0.1, -0.05) is 27.2 Å². The lowest BCUT2D eigenvalue weighted by atomic mass is 9.46. The summed E-state index contributed by atoms with van der Waals surface area (Å²) in [5.41, 5.74) is 0.192. The van der Waals surface area contributed by atoms with E-state index in [2.05, 4.69) is 20.8 Å². The van der Waals surface area contributed by atoms with Crippen LogP contribution in [-0.4, -0.2) is 46.7 Å². The van der Waals surface area contributed by atoms with Gasteiger partial charge in [-0.15, -0.1) is 0 Å². The van der Waals surface area contributed by atoms with Gasteiger partial charge in [0.15, 0.2) is 0 Å². The van der Waals surface area contributed by atoms with Crippen LogP contribution in [0, 0.1) is 40.9 Å². The number of aliphatic carboxylic acids is 1. The average molecular weight is 439 g/mol. The highest BCUT2D eigenvalue weighted by Gasteiger charge is 2.57. The summed E-state index contributed by atoms with van der Waals surface area (Å²) >= 11 is 0. The van der Waals surface area contributed by atoms with Crippen LogP contribution in [-0.2, 0) is 9.53 Å². The first-order valence-electron chi connectivity index (χ1n) is 12.8. The topological polar surface area (TPSA) is 87.0 Å². The van der Waals surface area contributed by atoms with Gasteiger partial charge in [-0.05, 0) is 98.7 Å². The van der Waals surface area contributed by atoms with Gasteiger partial charge in [0.05, 0.1) is 18.3 Å². The van der Waals surface area contributed by atoms with Gasteiger partial charge in [-0.2, -0.15) is 0 Å². The molecule has 180 valence electrons. The maximum absolute atomic E-state index is 11.3. The van der Waals surface area contributed by atoms with Gasteiger partial charge in [-0.3, -0.25) is 4.79 Å². The Kier molecular flexibility index (Phi) is 8.48. The summed E-state index contributed by atoms with van der Waals surface area (Å²) in [6.45, 7) is 6.81. The quantitative estimate of drug-likeness (QED) is 0.477. The molecule has 3 aliphatic rings. The minimum absolute atomic E-state index is 0.192. The van der Waals surface area contributed by atoms with E-state index in [0.717, 1.165) is 64.2 Å². The molecular weight excluding hydrogens is 392 g/mol. The van der Waals surface area contributed by atoms with E-state index in [0.29, 0.717) is 35.7 Å². The number of fused-ring (bicyclic) bond motifs is 3. The Morgan fingerprint density at radius 2 is 1.90 bits per heavy atom. The van der Waals surface area contributed by atoms with Gasteiger partial charge < -0.3 is 20.1 Å². The highest BCUT2D eigenvalue weighted by atomic mass is 16.5. The molecule has 5 nitrogen and oxygen atoms in total. The molecule has 0 bridgehead atoms. The molecule has 0 saturated heterocycles. The first kappa shape index (κ1) is 25.0. The molecule has 3 saturated carbocycles. The zero-order chi connectivity index (χ0) is 22.8.